The number of hydrogen-bond acceptors (Lipinski definition) is 5. The summed E-state index contributed by atoms with van der Waals surface area (Å²) in [4.78, 5) is 19.9. The van der Waals surface area contributed by atoms with Crippen LogP contribution in [0, 0.1) is 6.92 Å². The lowest BCUT2D eigenvalue weighted by Crippen LogP contribution is -2.14. The Morgan fingerprint density at radius 3 is 2.64 bits per heavy atom. The predicted octanol–water partition coefficient (Wildman–Crippen LogP) is 2.64. The fourth-order valence-electron chi connectivity index (χ4n) is 1.96. The van der Waals surface area contributed by atoms with Crippen molar-refractivity contribution in [2.45, 2.75) is 13.1 Å². The van der Waals surface area contributed by atoms with Crippen molar-refractivity contribution in [1.29, 1.82) is 0 Å². The van der Waals surface area contributed by atoms with Gasteiger partial charge in [0.15, 0.2) is 11.5 Å². The van der Waals surface area contributed by atoms with Crippen LogP contribution >= 0.6 is 0 Å². The molecule has 3 heterocycles. The summed E-state index contributed by atoms with van der Waals surface area (Å²) in [5.41, 5.74) is -0.126. The van der Waals surface area contributed by atoms with Gasteiger partial charge < -0.3 is 5.32 Å². The number of nitrogens with zero attached hydrogens (tertiary/aromatic N) is 5. The molecule has 10 heteroatoms. The highest BCUT2D eigenvalue weighted by atomic mass is 19.4. The van der Waals surface area contributed by atoms with Crippen LogP contribution in [0.5, 0.6) is 0 Å². The van der Waals surface area contributed by atoms with E-state index in [0.29, 0.717) is 12.0 Å². The number of rotatable bonds is 3. The predicted molar refractivity (Wildman–Crippen MR) is 81.1 cm³/mol. The molecule has 128 valence electrons. The number of carbonyl (C=O) groups is 1. The number of anilines is 1. The Kier molecular flexibility index (Phi) is 4.17. The standard InChI is InChI=1S/C15H11F3N6O/c1-9-3-2-6-19-13(9)21-14(25)11-8-24(23-22-11)12-5-4-10(7-20-12)15(16,17)18/h2-8H,1H3,(H,19,21,25). The largest absolute Gasteiger partial charge is 0.417 e. The molecule has 3 aromatic rings. The third kappa shape index (κ3) is 3.62. The van der Waals surface area contributed by atoms with Gasteiger partial charge in [0.2, 0.25) is 0 Å². The molecule has 0 spiro atoms. The minimum Gasteiger partial charge on any atom is -0.305 e. The maximum atomic E-state index is 12.5. The Balaban J connectivity index is 1.78. The van der Waals surface area contributed by atoms with Crippen molar-refractivity contribution in [2.75, 3.05) is 5.32 Å². The van der Waals surface area contributed by atoms with Gasteiger partial charge in [-0.2, -0.15) is 13.2 Å². The molecule has 0 saturated heterocycles. The number of pyridine rings is 2. The van der Waals surface area contributed by atoms with Crippen LogP contribution in [0.2, 0.25) is 0 Å². The zero-order chi connectivity index (χ0) is 18.0. The second kappa shape index (κ2) is 6.30. The lowest BCUT2D eigenvalue weighted by atomic mass is 10.3. The summed E-state index contributed by atoms with van der Waals surface area (Å²) in [6.07, 6.45) is -0.984. The molecule has 0 fully saturated rings. The van der Waals surface area contributed by atoms with E-state index in [1.165, 1.54) is 12.4 Å². The third-order valence-corrected chi connectivity index (χ3v) is 3.28. The Morgan fingerprint density at radius 1 is 1.20 bits per heavy atom. The number of aromatic nitrogens is 5. The molecule has 25 heavy (non-hydrogen) atoms. The monoisotopic (exact) mass is 348 g/mol. The molecule has 0 radical (unpaired) electrons. The molecule has 1 N–H and O–H groups in total. The Bertz CT molecular complexity index is 904. The molecule has 3 aromatic heterocycles. The van der Waals surface area contributed by atoms with Gasteiger partial charge in [-0.3, -0.25) is 4.79 Å². The summed E-state index contributed by atoms with van der Waals surface area (Å²) in [6.45, 7) is 1.78. The summed E-state index contributed by atoms with van der Waals surface area (Å²) in [5.74, 6) is -0.0526. The SMILES string of the molecule is Cc1cccnc1NC(=O)c1cn(-c2ccc(C(F)(F)F)cn2)nn1. The maximum Gasteiger partial charge on any atom is 0.417 e. The highest BCUT2D eigenvalue weighted by Crippen LogP contribution is 2.28. The van der Waals surface area contributed by atoms with E-state index in [9.17, 15) is 18.0 Å². The quantitative estimate of drug-likeness (QED) is 0.786. The van der Waals surface area contributed by atoms with E-state index in [1.54, 1.807) is 19.1 Å². The normalized spacial score (nSPS) is 11.4. The highest BCUT2D eigenvalue weighted by Gasteiger charge is 2.30. The van der Waals surface area contributed by atoms with Crippen LogP contribution in [0.3, 0.4) is 0 Å². The minimum atomic E-state index is -4.47. The Hall–Kier alpha value is -3.30. The first kappa shape index (κ1) is 16.6. The molecule has 0 saturated carbocycles. The summed E-state index contributed by atoms with van der Waals surface area (Å²) in [5, 5.41) is 9.99. The fourth-order valence-corrected chi connectivity index (χ4v) is 1.96. The number of carbonyl (C=O) groups excluding carboxylic acids is 1. The molecule has 0 unspecified atom stereocenters. The van der Waals surface area contributed by atoms with Gasteiger partial charge in [0.25, 0.3) is 5.91 Å². The molecule has 0 aliphatic carbocycles. The smallest absolute Gasteiger partial charge is 0.305 e. The first-order valence-corrected chi connectivity index (χ1v) is 7.03. The molecule has 3 rings (SSSR count). The first-order chi connectivity index (χ1) is 11.8. The molecule has 1 amide bonds. The van der Waals surface area contributed by atoms with E-state index in [1.807, 2.05) is 0 Å². The zero-order valence-electron chi connectivity index (χ0n) is 12.8. The molecule has 0 atom stereocenters. The molecule has 7 nitrogen and oxygen atoms in total. The van der Waals surface area contributed by atoms with Crippen LogP contribution < -0.4 is 5.32 Å². The Morgan fingerprint density at radius 2 is 2.00 bits per heavy atom. The lowest BCUT2D eigenvalue weighted by Gasteiger charge is -2.06. The molecule has 0 aromatic carbocycles. The van der Waals surface area contributed by atoms with E-state index >= 15 is 0 Å². The topological polar surface area (TPSA) is 85.6 Å². The van der Waals surface area contributed by atoms with E-state index < -0.39 is 17.6 Å². The molecule has 0 aliphatic rings. The van der Waals surface area contributed by atoms with E-state index in [4.69, 9.17) is 0 Å². The van der Waals surface area contributed by atoms with E-state index in [2.05, 4.69) is 25.6 Å². The van der Waals surface area contributed by atoms with Gasteiger partial charge in [-0.1, -0.05) is 11.3 Å². The van der Waals surface area contributed by atoms with Gasteiger partial charge in [0.05, 0.1) is 11.8 Å². The van der Waals surface area contributed by atoms with Gasteiger partial charge in [-0.25, -0.2) is 14.6 Å². The summed E-state index contributed by atoms with van der Waals surface area (Å²) < 4.78 is 38.7. The second-order valence-corrected chi connectivity index (χ2v) is 5.07. The van der Waals surface area contributed by atoms with Crippen molar-refractivity contribution in [2.24, 2.45) is 0 Å². The summed E-state index contributed by atoms with van der Waals surface area (Å²) in [7, 11) is 0. The van der Waals surface area contributed by atoms with Crippen LogP contribution in [-0.2, 0) is 6.18 Å². The molecule has 0 aliphatic heterocycles. The van der Waals surface area contributed by atoms with Crippen molar-refractivity contribution in [3.8, 4) is 5.82 Å². The van der Waals surface area contributed by atoms with Gasteiger partial charge in [0.1, 0.15) is 5.82 Å². The number of amides is 1. The molecular formula is C15H11F3N6O. The fraction of sp³-hybridized carbons (Fsp3) is 0.133. The van der Waals surface area contributed by atoms with Gasteiger partial charge in [-0.15, -0.1) is 5.10 Å². The van der Waals surface area contributed by atoms with Crippen molar-refractivity contribution in [3.63, 3.8) is 0 Å². The van der Waals surface area contributed by atoms with E-state index in [-0.39, 0.29) is 11.5 Å². The van der Waals surface area contributed by atoms with Gasteiger partial charge in [0, 0.05) is 12.4 Å². The van der Waals surface area contributed by atoms with Crippen LogP contribution in [0.15, 0.2) is 42.9 Å². The van der Waals surface area contributed by atoms with Gasteiger partial charge >= 0.3 is 6.18 Å². The number of nitrogens with one attached hydrogen (secondary N) is 1. The third-order valence-electron chi connectivity index (χ3n) is 3.28. The lowest BCUT2D eigenvalue weighted by molar-refractivity contribution is -0.137. The van der Waals surface area contributed by atoms with E-state index in [0.717, 1.165) is 22.4 Å². The maximum absolute atomic E-state index is 12.5. The van der Waals surface area contributed by atoms with Crippen molar-refractivity contribution >= 4 is 11.7 Å². The number of halogens is 3. The zero-order valence-corrected chi connectivity index (χ0v) is 12.8. The average molecular weight is 348 g/mol. The second-order valence-electron chi connectivity index (χ2n) is 5.07. The summed E-state index contributed by atoms with van der Waals surface area (Å²) in [6, 6.07) is 5.53. The Labute approximate surface area is 139 Å². The first-order valence-electron chi connectivity index (χ1n) is 7.03. The van der Waals surface area contributed by atoms with Crippen molar-refractivity contribution in [1.82, 2.24) is 25.0 Å². The average Bonchev–Trinajstić information content (AvgIpc) is 3.06. The minimum absolute atomic E-state index is 0.0215. The van der Waals surface area contributed by atoms with Crippen LogP contribution in [0.4, 0.5) is 19.0 Å². The molecule has 0 bridgehead atoms. The van der Waals surface area contributed by atoms with Crippen molar-refractivity contribution < 1.29 is 18.0 Å². The van der Waals surface area contributed by atoms with Crippen LogP contribution in [0.1, 0.15) is 21.6 Å². The van der Waals surface area contributed by atoms with Crippen LogP contribution in [-0.4, -0.2) is 30.9 Å². The molecular weight excluding hydrogens is 337 g/mol. The number of alkyl halides is 3. The van der Waals surface area contributed by atoms with Crippen molar-refractivity contribution in [3.05, 3.63) is 59.7 Å². The number of hydrogen-bond donors (Lipinski definition) is 1. The van der Waals surface area contributed by atoms with Crippen LogP contribution in [0.25, 0.3) is 5.82 Å². The van der Waals surface area contributed by atoms with Gasteiger partial charge in [-0.05, 0) is 30.7 Å². The highest BCUT2D eigenvalue weighted by molar-refractivity contribution is 6.02. The number of aryl methyl sites for hydroxylation is 1. The summed E-state index contributed by atoms with van der Waals surface area (Å²) >= 11 is 0.